The molecule has 1 amide bonds. The first-order chi connectivity index (χ1) is 15.0. The predicted octanol–water partition coefficient (Wildman–Crippen LogP) is 3.96. The lowest BCUT2D eigenvalue weighted by Gasteiger charge is -2.52. The van der Waals surface area contributed by atoms with Gasteiger partial charge in [0.2, 0.25) is 5.91 Å². The Bertz CT molecular complexity index is 951. The number of likely N-dealkylation sites (tertiary alicyclic amines) is 1. The molecule has 0 radical (unpaired) electrons. The van der Waals surface area contributed by atoms with Crippen LogP contribution in [0.2, 0.25) is 0 Å². The van der Waals surface area contributed by atoms with E-state index in [1.807, 2.05) is 17.0 Å². The zero-order chi connectivity index (χ0) is 23.5. The van der Waals surface area contributed by atoms with E-state index in [0.717, 1.165) is 44.7 Å². The van der Waals surface area contributed by atoms with E-state index < -0.39 is 12.1 Å². The maximum Gasteiger partial charge on any atom is 0.490 e. The Morgan fingerprint density at radius 1 is 1.16 bits per heavy atom. The van der Waals surface area contributed by atoms with Crippen LogP contribution >= 0.6 is 0 Å². The van der Waals surface area contributed by atoms with Gasteiger partial charge in [0.15, 0.2) is 0 Å². The number of benzene rings is 1. The third kappa shape index (κ3) is 5.45. The minimum absolute atomic E-state index is 0.130. The quantitative estimate of drug-likeness (QED) is 0.718. The summed E-state index contributed by atoms with van der Waals surface area (Å²) in [6.45, 7) is 8.14. The highest BCUT2D eigenvalue weighted by Gasteiger charge is 2.53. The molecule has 3 heterocycles. The number of carbonyl (C=O) groups excluding carboxylic acids is 1. The second-order valence-corrected chi connectivity index (χ2v) is 8.46. The smallest absolute Gasteiger partial charge is 0.475 e. The Hall–Kier alpha value is -2.94. The van der Waals surface area contributed by atoms with Crippen LogP contribution < -0.4 is 4.90 Å². The molecular formula is C23H26F3N3O3. The zero-order valence-corrected chi connectivity index (χ0v) is 18.0. The van der Waals surface area contributed by atoms with E-state index in [2.05, 4.69) is 41.9 Å². The van der Waals surface area contributed by atoms with Crippen LogP contribution in [0.5, 0.6) is 0 Å². The Morgan fingerprint density at radius 3 is 2.22 bits per heavy atom. The van der Waals surface area contributed by atoms with Gasteiger partial charge in [-0.3, -0.25) is 14.7 Å². The summed E-state index contributed by atoms with van der Waals surface area (Å²) in [5.74, 6) is -2.47. The number of alkyl halides is 3. The number of hydrogen-bond acceptors (Lipinski definition) is 4. The SMILES string of the molecule is Cc1cc(C)cc(CN2CCC3(CC2)CN(c2cccnc2)C3=O)c1.O=C(O)C(F)(F)F. The summed E-state index contributed by atoms with van der Waals surface area (Å²) in [5.41, 5.74) is 4.82. The number of halogens is 3. The first-order valence-electron chi connectivity index (χ1n) is 10.3. The highest BCUT2D eigenvalue weighted by Crippen LogP contribution is 2.43. The van der Waals surface area contributed by atoms with E-state index in [1.54, 1.807) is 12.4 Å². The Balaban J connectivity index is 0.000000360. The van der Waals surface area contributed by atoms with Crippen molar-refractivity contribution < 1.29 is 27.9 Å². The molecule has 1 spiro atoms. The van der Waals surface area contributed by atoms with Crippen molar-refractivity contribution in [2.45, 2.75) is 39.4 Å². The van der Waals surface area contributed by atoms with Crippen LogP contribution in [0.3, 0.4) is 0 Å². The van der Waals surface area contributed by atoms with Gasteiger partial charge in [0.1, 0.15) is 0 Å². The first-order valence-corrected chi connectivity index (χ1v) is 10.3. The number of aryl methyl sites for hydroxylation is 2. The van der Waals surface area contributed by atoms with Crippen LogP contribution in [0.15, 0.2) is 42.7 Å². The summed E-state index contributed by atoms with van der Waals surface area (Å²) >= 11 is 0. The molecule has 172 valence electrons. The van der Waals surface area contributed by atoms with Crippen molar-refractivity contribution in [1.29, 1.82) is 0 Å². The first kappa shape index (κ1) is 23.7. The second kappa shape index (κ2) is 9.28. The molecule has 2 aliphatic rings. The summed E-state index contributed by atoms with van der Waals surface area (Å²) in [6, 6.07) is 10.6. The van der Waals surface area contributed by atoms with Crippen molar-refractivity contribution in [2.75, 3.05) is 24.5 Å². The number of amides is 1. The third-order valence-electron chi connectivity index (χ3n) is 5.86. The molecule has 9 heteroatoms. The second-order valence-electron chi connectivity index (χ2n) is 8.46. The molecule has 2 saturated heterocycles. The Labute approximate surface area is 184 Å². The average molecular weight is 449 g/mol. The zero-order valence-electron chi connectivity index (χ0n) is 18.0. The van der Waals surface area contributed by atoms with Gasteiger partial charge in [0.05, 0.1) is 17.3 Å². The highest BCUT2D eigenvalue weighted by molar-refractivity contribution is 6.04. The number of β-lactam (4-membered cyclic amide) rings is 1. The summed E-state index contributed by atoms with van der Waals surface area (Å²) in [6.07, 6.45) is 0.371. The normalized spacial score (nSPS) is 18.0. The lowest BCUT2D eigenvalue weighted by Crippen LogP contribution is -2.65. The molecule has 0 aliphatic carbocycles. The number of piperidine rings is 1. The number of aliphatic carboxylic acids is 1. The fourth-order valence-corrected chi connectivity index (χ4v) is 4.29. The van der Waals surface area contributed by atoms with Gasteiger partial charge in [0, 0.05) is 19.3 Å². The van der Waals surface area contributed by atoms with Crippen LogP contribution in [-0.4, -0.2) is 52.7 Å². The number of nitrogens with zero attached hydrogens (tertiary/aromatic N) is 3. The summed E-state index contributed by atoms with van der Waals surface area (Å²) in [4.78, 5) is 30.2. The van der Waals surface area contributed by atoms with Crippen molar-refractivity contribution >= 4 is 17.6 Å². The van der Waals surface area contributed by atoms with Crippen molar-refractivity contribution in [3.05, 3.63) is 59.4 Å². The Kier molecular flexibility index (Phi) is 6.88. The van der Waals surface area contributed by atoms with Crippen LogP contribution in [0.4, 0.5) is 18.9 Å². The van der Waals surface area contributed by atoms with Crippen molar-refractivity contribution in [2.24, 2.45) is 5.41 Å². The topological polar surface area (TPSA) is 73.7 Å². The molecule has 4 rings (SSSR count). The summed E-state index contributed by atoms with van der Waals surface area (Å²) in [7, 11) is 0. The third-order valence-corrected chi connectivity index (χ3v) is 5.86. The minimum Gasteiger partial charge on any atom is -0.475 e. The van der Waals surface area contributed by atoms with Crippen molar-refractivity contribution in [3.63, 3.8) is 0 Å². The molecule has 0 saturated carbocycles. The fourth-order valence-electron chi connectivity index (χ4n) is 4.29. The van der Waals surface area contributed by atoms with Gasteiger partial charge < -0.3 is 10.0 Å². The number of carboxylic acid groups (broad SMARTS) is 1. The minimum atomic E-state index is -5.08. The predicted molar refractivity (Wildman–Crippen MR) is 113 cm³/mol. The van der Waals surface area contributed by atoms with Crippen LogP contribution in [0.1, 0.15) is 29.5 Å². The number of carbonyl (C=O) groups is 2. The van der Waals surface area contributed by atoms with Crippen molar-refractivity contribution in [3.8, 4) is 0 Å². The molecule has 1 N–H and O–H groups in total. The summed E-state index contributed by atoms with van der Waals surface area (Å²) in [5, 5.41) is 7.12. The van der Waals surface area contributed by atoms with Gasteiger partial charge >= 0.3 is 12.1 Å². The van der Waals surface area contributed by atoms with Gasteiger partial charge in [0.25, 0.3) is 0 Å². The van der Waals surface area contributed by atoms with E-state index in [-0.39, 0.29) is 11.3 Å². The molecule has 0 bridgehead atoms. The van der Waals surface area contributed by atoms with E-state index in [1.165, 1.54) is 16.7 Å². The van der Waals surface area contributed by atoms with E-state index in [0.29, 0.717) is 0 Å². The maximum atomic E-state index is 12.8. The number of carboxylic acids is 1. The van der Waals surface area contributed by atoms with E-state index in [9.17, 15) is 18.0 Å². The number of anilines is 1. The molecule has 2 aliphatic heterocycles. The molecule has 1 aromatic carbocycles. The largest absolute Gasteiger partial charge is 0.490 e. The van der Waals surface area contributed by atoms with Gasteiger partial charge in [-0.15, -0.1) is 0 Å². The number of rotatable bonds is 3. The van der Waals surface area contributed by atoms with Crippen LogP contribution in [-0.2, 0) is 16.1 Å². The molecule has 1 aromatic heterocycles. The molecular weight excluding hydrogens is 423 g/mol. The van der Waals surface area contributed by atoms with Gasteiger partial charge in [-0.2, -0.15) is 13.2 Å². The number of hydrogen-bond donors (Lipinski definition) is 1. The monoisotopic (exact) mass is 449 g/mol. The van der Waals surface area contributed by atoms with Crippen LogP contribution in [0, 0.1) is 19.3 Å². The average Bonchev–Trinajstić information content (AvgIpc) is 2.72. The highest BCUT2D eigenvalue weighted by atomic mass is 19.4. The van der Waals surface area contributed by atoms with Crippen molar-refractivity contribution in [1.82, 2.24) is 9.88 Å². The number of pyridine rings is 1. The fraction of sp³-hybridized carbons (Fsp3) is 0.435. The van der Waals surface area contributed by atoms with Gasteiger partial charge in [-0.25, -0.2) is 4.79 Å². The lowest BCUT2D eigenvalue weighted by atomic mass is 9.71. The maximum absolute atomic E-state index is 12.8. The van der Waals surface area contributed by atoms with E-state index >= 15 is 0 Å². The molecule has 32 heavy (non-hydrogen) atoms. The van der Waals surface area contributed by atoms with Gasteiger partial charge in [-0.1, -0.05) is 29.3 Å². The lowest BCUT2D eigenvalue weighted by molar-refractivity contribution is -0.192. The molecule has 6 nitrogen and oxygen atoms in total. The van der Waals surface area contributed by atoms with E-state index in [4.69, 9.17) is 9.90 Å². The molecule has 0 unspecified atom stereocenters. The van der Waals surface area contributed by atoms with Crippen LogP contribution in [0.25, 0.3) is 0 Å². The molecule has 2 fully saturated rings. The van der Waals surface area contributed by atoms with Gasteiger partial charge in [-0.05, 0) is 57.5 Å². The molecule has 2 aromatic rings. The molecule has 0 atom stereocenters. The summed E-state index contributed by atoms with van der Waals surface area (Å²) < 4.78 is 31.7. The number of aromatic nitrogens is 1. The Morgan fingerprint density at radius 2 is 1.75 bits per heavy atom. The standard InChI is InChI=1S/C21H25N3O.C2HF3O2/c1-16-10-17(2)12-18(11-16)14-23-8-5-21(6-9-23)15-24(20(21)25)19-4-3-7-22-13-19;3-2(4,5)1(6)7/h3-4,7,10-13H,5-6,8-9,14-15H2,1-2H3;(H,6,7).